The van der Waals surface area contributed by atoms with Gasteiger partial charge in [0.15, 0.2) is 0 Å². The summed E-state index contributed by atoms with van der Waals surface area (Å²) in [4.78, 5) is 0. The van der Waals surface area contributed by atoms with Crippen molar-refractivity contribution in [2.75, 3.05) is 7.05 Å². The molecule has 0 radical (unpaired) electrons. The van der Waals surface area contributed by atoms with Gasteiger partial charge in [-0.15, -0.1) is 0 Å². The van der Waals surface area contributed by atoms with Crippen LogP contribution < -0.4 is 5.32 Å². The van der Waals surface area contributed by atoms with Crippen LogP contribution in [-0.2, 0) is 0 Å². The van der Waals surface area contributed by atoms with Crippen molar-refractivity contribution in [2.45, 2.75) is 51.5 Å². The molecule has 0 aromatic carbocycles. The fraction of sp³-hybridized carbons (Fsp3) is 1.00. The molecule has 1 heteroatoms. The minimum atomic E-state index is 0.514. The Morgan fingerprint density at radius 3 is 2.00 bits per heavy atom. The van der Waals surface area contributed by atoms with Gasteiger partial charge >= 0.3 is 0 Å². The highest BCUT2D eigenvalue weighted by Gasteiger charge is 2.42. The molecule has 1 N–H and O–H groups in total. The second kappa shape index (κ2) is 3.27. The number of hydrogen-bond donors (Lipinski definition) is 1. The molecule has 0 aromatic heterocycles. The van der Waals surface area contributed by atoms with E-state index in [2.05, 4.69) is 26.2 Å². The molecule has 2 bridgehead atoms. The van der Waals surface area contributed by atoms with Gasteiger partial charge < -0.3 is 5.32 Å². The molecule has 2 rings (SSSR count). The topological polar surface area (TPSA) is 12.0 Å². The summed E-state index contributed by atoms with van der Waals surface area (Å²) in [5, 5.41) is 3.61. The van der Waals surface area contributed by atoms with E-state index < -0.39 is 0 Å². The van der Waals surface area contributed by atoms with E-state index in [4.69, 9.17) is 0 Å². The van der Waals surface area contributed by atoms with E-state index in [1.165, 1.54) is 32.1 Å². The van der Waals surface area contributed by atoms with E-state index in [1.54, 1.807) is 0 Å². The Hall–Kier alpha value is -0.0400. The molecule has 0 amide bonds. The van der Waals surface area contributed by atoms with Crippen LogP contribution in [0.3, 0.4) is 0 Å². The van der Waals surface area contributed by atoms with Gasteiger partial charge in [-0.25, -0.2) is 0 Å². The summed E-state index contributed by atoms with van der Waals surface area (Å²) < 4.78 is 0. The minimum absolute atomic E-state index is 0.514. The summed E-state index contributed by atoms with van der Waals surface area (Å²) in [6, 6.07) is 0. The predicted molar refractivity (Wildman–Crippen MR) is 56.7 cm³/mol. The maximum Gasteiger partial charge on any atom is 0.0186 e. The molecule has 0 heterocycles. The molecule has 2 saturated carbocycles. The Morgan fingerprint density at radius 2 is 1.54 bits per heavy atom. The maximum atomic E-state index is 3.61. The monoisotopic (exact) mass is 181 g/mol. The van der Waals surface area contributed by atoms with Gasteiger partial charge in [0, 0.05) is 5.54 Å². The largest absolute Gasteiger partial charge is 0.314 e. The van der Waals surface area contributed by atoms with Gasteiger partial charge in [0.2, 0.25) is 0 Å². The van der Waals surface area contributed by atoms with Crippen LogP contribution in [0.5, 0.6) is 0 Å². The first-order chi connectivity index (χ1) is 6.13. The lowest BCUT2D eigenvalue weighted by Gasteiger charge is -2.50. The Balaban J connectivity index is 2.13. The lowest BCUT2D eigenvalue weighted by Crippen LogP contribution is -2.52. The Bertz CT molecular complexity index is 168. The molecule has 0 aromatic rings. The molecule has 2 aliphatic carbocycles. The lowest BCUT2D eigenvalue weighted by molar-refractivity contribution is 0.0613. The van der Waals surface area contributed by atoms with Gasteiger partial charge in [-0.1, -0.05) is 13.8 Å². The van der Waals surface area contributed by atoms with E-state index in [9.17, 15) is 0 Å². The first-order valence-electron chi connectivity index (χ1n) is 5.82. The average Bonchev–Trinajstić information content (AvgIpc) is 2.01. The summed E-state index contributed by atoms with van der Waals surface area (Å²) in [5.41, 5.74) is 0.514. The molecular formula is C12H23N. The first kappa shape index (κ1) is 9.51. The van der Waals surface area contributed by atoms with Crippen LogP contribution in [0, 0.1) is 17.8 Å². The molecule has 1 nitrogen and oxygen atoms in total. The summed E-state index contributed by atoms with van der Waals surface area (Å²) in [6.45, 7) is 4.85. The summed E-state index contributed by atoms with van der Waals surface area (Å²) in [6.07, 6.45) is 7.22. The molecule has 2 fully saturated rings. The van der Waals surface area contributed by atoms with Crippen molar-refractivity contribution in [1.29, 1.82) is 0 Å². The van der Waals surface area contributed by atoms with E-state index in [0.29, 0.717) is 5.54 Å². The van der Waals surface area contributed by atoms with Crippen molar-refractivity contribution in [1.82, 2.24) is 5.32 Å². The number of nitrogens with one attached hydrogen (secondary N) is 1. The van der Waals surface area contributed by atoms with Crippen LogP contribution >= 0.6 is 0 Å². The molecule has 2 atom stereocenters. The third-order valence-electron chi connectivity index (χ3n) is 4.16. The zero-order valence-corrected chi connectivity index (χ0v) is 9.27. The number of rotatable bonds is 1. The van der Waals surface area contributed by atoms with Crippen molar-refractivity contribution in [3.05, 3.63) is 0 Å². The molecule has 0 saturated heterocycles. The zero-order chi connectivity index (χ0) is 9.47. The quantitative estimate of drug-likeness (QED) is 0.656. The summed E-state index contributed by atoms with van der Waals surface area (Å²) in [7, 11) is 2.16. The molecule has 13 heavy (non-hydrogen) atoms. The molecule has 2 unspecified atom stereocenters. The van der Waals surface area contributed by atoms with Crippen LogP contribution in [0.1, 0.15) is 46.0 Å². The van der Waals surface area contributed by atoms with Gasteiger partial charge in [-0.05, 0) is 56.9 Å². The highest BCUT2D eigenvalue weighted by atomic mass is 14.9. The van der Waals surface area contributed by atoms with Gasteiger partial charge in [0.05, 0.1) is 0 Å². The molecule has 2 aliphatic rings. The smallest absolute Gasteiger partial charge is 0.0186 e. The third-order valence-corrected chi connectivity index (χ3v) is 4.16. The molecule has 0 spiro atoms. The van der Waals surface area contributed by atoms with Crippen LogP contribution in [0.4, 0.5) is 0 Å². The Morgan fingerprint density at radius 1 is 1.00 bits per heavy atom. The standard InChI is InChI=1S/C12H23N/c1-9-4-11-5-10(2)7-12(6-9,8-11)13-3/h9-11,13H,4-8H2,1-3H3. The van der Waals surface area contributed by atoms with Crippen molar-refractivity contribution in [3.8, 4) is 0 Å². The van der Waals surface area contributed by atoms with Gasteiger partial charge in [0.25, 0.3) is 0 Å². The maximum absolute atomic E-state index is 3.61. The molecular weight excluding hydrogens is 158 g/mol. The van der Waals surface area contributed by atoms with Crippen LogP contribution in [0.25, 0.3) is 0 Å². The molecule has 76 valence electrons. The lowest BCUT2D eigenvalue weighted by atomic mass is 9.61. The van der Waals surface area contributed by atoms with Crippen LogP contribution in [0.15, 0.2) is 0 Å². The Kier molecular flexibility index (Phi) is 2.39. The van der Waals surface area contributed by atoms with Crippen LogP contribution in [-0.4, -0.2) is 12.6 Å². The van der Waals surface area contributed by atoms with E-state index in [0.717, 1.165) is 17.8 Å². The van der Waals surface area contributed by atoms with Gasteiger partial charge in [-0.2, -0.15) is 0 Å². The first-order valence-corrected chi connectivity index (χ1v) is 5.82. The fourth-order valence-electron chi connectivity index (χ4n) is 4.01. The predicted octanol–water partition coefficient (Wildman–Crippen LogP) is 2.81. The highest BCUT2D eigenvalue weighted by Crippen LogP contribution is 2.46. The second-order valence-corrected chi connectivity index (χ2v) is 5.69. The summed E-state index contributed by atoms with van der Waals surface area (Å²) >= 11 is 0. The van der Waals surface area contributed by atoms with Gasteiger partial charge in [-0.3, -0.25) is 0 Å². The highest BCUT2D eigenvalue weighted by molar-refractivity contribution is 4.99. The normalized spacial score (nSPS) is 50.5. The van der Waals surface area contributed by atoms with Crippen molar-refractivity contribution < 1.29 is 0 Å². The summed E-state index contributed by atoms with van der Waals surface area (Å²) in [5.74, 6) is 2.90. The number of fused-ring (bicyclic) bond motifs is 2. The zero-order valence-electron chi connectivity index (χ0n) is 9.27. The van der Waals surface area contributed by atoms with E-state index in [-0.39, 0.29) is 0 Å². The van der Waals surface area contributed by atoms with E-state index in [1.807, 2.05) is 0 Å². The third kappa shape index (κ3) is 1.76. The Labute approximate surface area is 82.3 Å². The van der Waals surface area contributed by atoms with E-state index >= 15 is 0 Å². The van der Waals surface area contributed by atoms with Gasteiger partial charge in [0.1, 0.15) is 0 Å². The second-order valence-electron chi connectivity index (χ2n) is 5.69. The van der Waals surface area contributed by atoms with Crippen molar-refractivity contribution in [3.63, 3.8) is 0 Å². The fourth-order valence-corrected chi connectivity index (χ4v) is 4.01. The van der Waals surface area contributed by atoms with Crippen LogP contribution in [0.2, 0.25) is 0 Å². The number of hydrogen-bond acceptors (Lipinski definition) is 1. The average molecular weight is 181 g/mol. The SMILES string of the molecule is CNC12CC(C)CC(CC(C)C1)C2. The van der Waals surface area contributed by atoms with Crippen molar-refractivity contribution in [2.24, 2.45) is 17.8 Å². The molecule has 0 aliphatic heterocycles. The van der Waals surface area contributed by atoms with Crippen molar-refractivity contribution >= 4 is 0 Å². The minimum Gasteiger partial charge on any atom is -0.314 e.